The van der Waals surface area contributed by atoms with Crippen molar-refractivity contribution in [2.24, 2.45) is 0 Å². The van der Waals surface area contributed by atoms with E-state index in [1.165, 1.54) is 0 Å². The van der Waals surface area contributed by atoms with E-state index in [0.717, 1.165) is 27.7 Å². The Labute approximate surface area is 211 Å². The fraction of sp³-hybridized carbons (Fsp3) is 0.310. The van der Waals surface area contributed by atoms with Gasteiger partial charge in [-0.1, -0.05) is 54.6 Å². The molecule has 1 N–H and O–H groups in total. The summed E-state index contributed by atoms with van der Waals surface area (Å²) in [6.07, 6.45) is 1.46. The predicted molar refractivity (Wildman–Crippen MR) is 141 cm³/mol. The van der Waals surface area contributed by atoms with Crippen LogP contribution in [-0.2, 0) is 9.47 Å². The second kappa shape index (κ2) is 12.2. The molecule has 0 aliphatic carbocycles. The van der Waals surface area contributed by atoms with Gasteiger partial charge in [-0.15, -0.1) is 0 Å². The fourth-order valence-electron chi connectivity index (χ4n) is 3.59. The number of hydrogen-bond acceptors (Lipinski definition) is 5. The maximum absolute atomic E-state index is 12.9. The lowest BCUT2D eigenvalue weighted by atomic mass is 10.1. The van der Waals surface area contributed by atoms with Gasteiger partial charge in [0.2, 0.25) is 0 Å². The number of fused-ring (bicyclic) bond motifs is 1. The van der Waals surface area contributed by atoms with Crippen LogP contribution in [-0.4, -0.2) is 61.1 Å². The molecule has 0 aliphatic rings. The Morgan fingerprint density at radius 2 is 1.67 bits per heavy atom. The number of amides is 1. The van der Waals surface area contributed by atoms with E-state index in [1.54, 1.807) is 36.3 Å². The summed E-state index contributed by atoms with van der Waals surface area (Å²) in [7, 11) is 1.58. The van der Waals surface area contributed by atoms with Gasteiger partial charge >= 0.3 is 12.1 Å². The molecular weight excluding hydrogens is 458 g/mol. The van der Waals surface area contributed by atoms with Crippen molar-refractivity contribution in [3.8, 4) is 5.75 Å². The fourth-order valence-corrected chi connectivity index (χ4v) is 3.59. The van der Waals surface area contributed by atoms with Crippen LogP contribution in [0.25, 0.3) is 16.8 Å². The molecule has 0 saturated heterocycles. The van der Waals surface area contributed by atoms with Crippen molar-refractivity contribution in [2.45, 2.75) is 26.4 Å². The zero-order valence-electron chi connectivity index (χ0n) is 21.2. The van der Waals surface area contributed by atoms with Crippen LogP contribution in [0.2, 0.25) is 0 Å². The highest BCUT2D eigenvalue weighted by atomic mass is 16.6. The van der Waals surface area contributed by atoms with Crippen molar-refractivity contribution in [3.05, 3.63) is 83.4 Å². The molecule has 190 valence electrons. The Balaban J connectivity index is 1.90. The van der Waals surface area contributed by atoms with Crippen LogP contribution in [0.1, 0.15) is 36.7 Å². The maximum Gasteiger partial charge on any atom is 0.410 e. The number of hydrogen-bond donors (Lipinski definition) is 1. The molecule has 0 radical (unpaired) electrons. The standard InChI is InChI=1S/C29H33NO6/c1-29(2,3)36-28(33)30(16-17-34-4)19-22(18-21-12-14-24(15-13-21)27(31)32)20-35-26-11-7-9-23-8-5-6-10-25(23)26/h5-15,18H,16-17,19-20H2,1-4H3,(H,31,32)/b22-18-. The zero-order valence-corrected chi connectivity index (χ0v) is 21.2. The van der Waals surface area contributed by atoms with E-state index in [9.17, 15) is 14.7 Å². The van der Waals surface area contributed by atoms with Crippen LogP contribution in [0.4, 0.5) is 4.79 Å². The lowest BCUT2D eigenvalue weighted by Gasteiger charge is -2.28. The second-order valence-corrected chi connectivity index (χ2v) is 9.39. The molecular formula is C29H33NO6. The minimum absolute atomic E-state index is 0.205. The van der Waals surface area contributed by atoms with Gasteiger partial charge in [-0.25, -0.2) is 9.59 Å². The Hall–Kier alpha value is -3.84. The summed E-state index contributed by atoms with van der Waals surface area (Å²) in [6.45, 7) is 6.64. The van der Waals surface area contributed by atoms with E-state index in [0.29, 0.717) is 13.2 Å². The molecule has 36 heavy (non-hydrogen) atoms. The summed E-state index contributed by atoms with van der Waals surface area (Å²) in [5.74, 6) is -0.248. The van der Waals surface area contributed by atoms with Crippen LogP contribution in [0.5, 0.6) is 5.75 Å². The van der Waals surface area contributed by atoms with Crippen molar-refractivity contribution < 1.29 is 28.9 Å². The molecule has 0 spiro atoms. The van der Waals surface area contributed by atoms with Crippen LogP contribution >= 0.6 is 0 Å². The Morgan fingerprint density at radius 1 is 0.972 bits per heavy atom. The average molecular weight is 492 g/mol. The minimum Gasteiger partial charge on any atom is -0.489 e. The molecule has 1 amide bonds. The number of aromatic carboxylic acids is 1. The number of carbonyl (C=O) groups excluding carboxylic acids is 1. The first-order chi connectivity index (χ1) is 17.2. The zero-order chi connectivity index (χ0) is 26.1. The second-order valence-electron chi connectivity index (χ2n) is 9.39. The molecule has 0 aliphatic heterocycles. The summed E-state index contributed by atoms with van der Waals surface area (Å²) in [6, 6.07) is 20.4. The number of carboxylic acids is 1. The Bertz CT molecular complexity index is 1210. The number of carboxylic acid groups (broad SMARTS) is 1. The molecule has 0 saturated carbocycles. The van der Waals surface area contributed by atoms with Gasteiger partial charge in [0.15, 0.2) is 0 Å². The van der Waals surface area contributed by atoms with E-state index in [4.69, 9.17) is 14.2 Å². The lowest BCUT2D eigenvalue weighted by Crippen LogP contribution is -2.40. The van der Waals surface area contributed by atoms with E-state index in [2.05, 4.69) is 0 Å². The van der Waals surface area contributed by atoms with Gasteiger partial charge in [0.05, 0.1) is 12.2 Å². The van der Waals surface area contributed by atoms with Crippen LogP contribution in [0, 0.1) is 0 Å². The molecule has 3 aromatic carbocycles. The quantitative estimate of drug-likeness (QED) is 0.381. The van der Waals surface area contributed by atoms with Gasteiger partial charge in [0.25, 0.3) is 0 Å². The van der Waals surface area contributed by atoms with Gasteiger partial charge in [0, 0.05) is 25.6 Å². The van der Waals surface area contributed by atoms with Crippen LogP contribution in [0.15, 0.2) is 72.3 Å². The van der Waals surface area contributed by atoms with Crippen molar-refractivity contribution >= 4 is 28.9 Å². The van der Waals surface area contributed by atoms with Gasteiger partial charge in [0.1, 0.15) is 18.0 Å². The van der Waals surface area contributed by atoms with Crippen molar-refractivity contribution in [3.63, 3.8) is 0 Å². The third-order valence-electron chi connectivity index (χ3n) is 5.30. The molecule has 0 aromatic heterocycles. The molecule has 3 rings (SSSR count). The molecule has 0 fully saturated rings. The molecule has 0 heterocycles. The number of nitrogens with zero attached hydrogens (tertiary/aromatic N) is 1. The number of carbonyl (C=O) groups is 2. The first-order valence-electron chi connectivity index (χ1n) is 11.8. The smallest absolute Gasteiger partial charge is 0.410 e. The van der Waals surface area contributed by atoms with E-state index < -0.39 is 17.7 Å². The molecule has 7 nitrogen and oxygen atoms in total. The highest BCUT2D eigenvalue weighted by molar-refractivity contribution is 5.88. The summed E-state index contributed by atoms with van der Waals surface area (Å²) < 4.78 is 17.0. The third kappa shape index (κ3) is 7.85. The highest BCUT2D eigenvalue weighted by Gasteiger charge is 2.23. The first-order valence-corrected chi connectivity index (χ1v) is 11.8. The van der Waals surface area contributed by atoms with Crippen molar-refractivity contribution in [2.75, 3.05) is 33.4 Å². The average Bonchev–Trinajstić information content (AvgIpc) is 2.84. The van der Waals surface area contributed by atoms with E-state index >= 15 is 0 Å². The van der Waals surface area contributed by atoms with Crippen molar-refractivity contribution in [1.82, 2.24) is 4.90 Å². The molecule has 0 atom stereocenters. The minimum atomic E-state index is -0.985. The summed E-state index contributed by atoms with van der Waals surface area (Å²) >= 11 is 0. The normalized spacial score (nSPS) is 11.8. The first kappa shape index (κ1) is 26.8. The Kier molecular flexibility index (Phi) is 9.08. The predicted octanol–water partition coefficient (Wildman–Crippen LogP) is 5.88. The van der Waals surface area contributed by atoms with Crippen LogP contribution < -0.4 is 4.74 Å². The highest BCUT2D eigenvalue weighted by Crippen LogP contribution is 2.26. The summed E-state index contributed by atoms with van der Waals surface area (Å²) in [4.78, 5) is 25.7. The monoisotopic (exact) mass is 491 g/mol. The number of rotatable bonds is 10. The molecule has 3 aromatic rings. The number of benzene rings is 3. The molecule has 0 bridgehead atoms. The van der Waals surface area contributed by atoms with E-state index in [1.807, 2.05) is 69.3 Å². The van der Waals surface area contributed by atoms with E-state index in [-0.39, 0.29) is 18.7 Å². The lowest BCUT2D eigenvalue weighted by molar-refractivity contribution is 0.0218. The SMILES string of the molecule is COCCN(C/C(=C/c1ccc(C(=O)O)cc1)COc1cccc2ccccc12)C(=O)OC(C)(C)C. The van der Waals surface area contributed by atoms with Crippen LogP contribution in [0.3, 0.4) is 0 Å². The topological polar surface area (TPSA) is 85.3 Å². The Morgan fingerprint density at radius 3 is 2.33 bits per heavy atom. The van der Waals surface area contributed by atoms with Crippen molar-refractivity contribution in [1.29, 1.82) is 0 Å². The summed E-state index contributed by atoms with van der Waals surface area (Å²) in [5, 5.41) is 11.3. The third-order valence-corrected chi connectivity index (χ3v) is 5.30. The number of methoxy groups -OCH3 is 1. The summed E-state index contributed by atoms with van der Waals surface area (Å²) in [5.41, 5.74) is 1.18. The van der Waals surface area contributed by atoms with Gasteiger partial charge in [-0.2, -0.15) is 0 Å². The largest absolute Gasteiger partial charge is 0.489 e. The number of ether oxygens (including phenoxy) is 3. The van der Waals surface area contributed by atoms with Gasteiger partial charge < -0.3 is 24.2 Å². The molecule has 7 heteroatoms. The van der Waals surface area contributed by atoms with Gasteiger partial charge in [-0.05, 0) is 55.5 Å². The molecule has 0 unspecified atom stereocenters. The maximum atomic E-state index is 12.9. The van der Waals surface area contributed by atoms with Gasteiger partial charge in [-0.3, -0.25) is 0 Å².